The van der Waals surface area contributed by atoms with Gasteiger partial charge in [0, 0.05) is 5.02 Å². The molecule has 1 aromatic carbocycles. The van der Waals surface area contributed by atoms with Crippen molar-refractivity contribution in [2.45, 2.75) is 31.1 Å². The third kappa shape index (κ3) is 3.72. The zero-order valence-corrected chi connectivity index (χ0v) is 15.7. The first-order valence-corrected chi connectivity index (χ1v) is 10.1. The molecule has 0 amide bonds. The summed E-state index contributed by atoms with van der Waals surface area (Å²) in [6.07, 6.45) is -0.615. The van der Waals surface area contributed by atoms with Crippen LogP contribution in [-0.4, -0.2) is 28.8 Å². The third-order valence-electron chi connectivity index (χ3n) is 4.03. The summed E-state index contributed by atoms with van der Waals surface area (Å²) in [6.45, 7) is -0.199. The van der Waals surface area contributed by atoms with Crippen LogP contribution in [0, 0.1) is 0 Å². The SMILES string of the molecule is O=S(=O)(C1CC1)N(Cc1nc(-c2nnc(C(F)F)o2)co1)c1cccc(Cl)c1. The first-order chi connectivity index (χ1) is 13.3. The van der Waals surface area contributed by atoms with Crippen LogP contribution in [0.1, 0.15) is 31.0 Å². The lowest BCUT2D eigenvalue weighted by Gasteiger charge is -2.23. The number of rotatable bonds is 7. The lowest BCUT2D eigenvalue weighted by Crippen LogP contribution is -2.33. The number of oxazole rings is 1. The van der Waals surface area contributed by atoms with Gasteiger partial charge in [0.2, 0.25) is 15.9 Å². The number of halogens is 3. The fourth-order valence-electron chi connectivity index (χ4n) is 2.54. The maximum atomic E-state index is 12.9. The number of anilines is 1. The van der Waals surface area contributed by atoms with Gasteiger partial charge in [0.25, 0.3) is 11.8 Å². The van der Waals surface area contributed by atoms with Crippen LogP contribution in [0.2, 0.25) is 5.02 Å². The number of hydrogen-bond donors (Lipinski definition) is 0. The van der Waals surface area contributed by atoms with Crippen molar-refractivity contribution in [1.82, 2.24) is 15.2 Å². The normalized spacial score (nSPS) is 14.6. The summed E-state index contributed by atoms with van der Waals surface area (Å²) < 4.78 is 62.2. The van der Waals surface area contributed by atoms with Crippen LogP contribution >= 0.6 is 11.6 Å². The molecule has 1 aliphatic carbocycles. The third-order valence-corrected chi connectivity index (χ3v) is 6.53. The van der Waals surface area contributed by atoms with E-state index >= 15 is 0 Å². The molecule has 2 heterocycles. The van der Waals surface area contributed by atoms with Crippen molar-refractivity contribution >= 4 is 27.3 Å². The average molecular weight is 431 g/mol. The molecule has 1 fully saturated rings. The van der Waals surface area contributed by atoms with Crippen molar-refractivity contribution < 1.29 is 26.0 Å². The Hall–Kier alpha value is -2.53. The summed E-state index contributed by atoms with van der Waals surface area (Å²) in [6, 6.07) is 6.41. The van der Waals surface area contributed by atoms with Gasteiger partial charge in [0.05, 0.1) is 10.9 Å². The van der Waals surface area contributed by atoms with Crippen molar-refractivity contribution in [2.75, 3.05) is 4.31 Å². The van der Waals surface area contributed by atoms with Gasteiger partial charge in [-0.1, -0.05) is 17.7 Å². The van der Waals surface area contributed by atoms with E-state index in [2.05, 4.69) is 15.2 Å². The maximum absolute atomic E-state index is 12.9. The maximum Gasteiger partial charge on any atom is 0.314 e. The van der Waals surface area contributed by atoms with E-state index in [-0.39, 0.29) is 24.0 Å². The van der Waals surface area contributed by atoms with Gasteiger partial charge in [-0.15, -0.1) is 10.2 Å². The Kier molecular flexibility index (Phi) is 4.79. The Bertz CT molecular complexity index is 1100. The molecule has 1 saturated carbocycles. The molecule has 0 unspecified atom stereocenters. The van der Waals surface area contributed by atoms with E-state index in [1.807, 2.05) is 0 Å². The Labute approximate surface area is 163 Å². The van der Waals surface area contributed by atoms with E-state index in [1.54, 1.807) is 18.2 Å². The van der Waals surface area contributed by atoms with Gasteiger partial charge in [-0.25, -0.2) is 13.4 Å². The second-order valence-corrected chi connectivity index (χ2v) is 8.68. The second-order valence-electron chi connectivity index (χ2n) is 6.10. The van der Waals surface area contributed by atoms with Gasteiger partial charge in [0.1, 0.15) is 12.8 Å². The molecule has 28 heavy (non-hydrogen) atoms. The van der Waals surface area contributed by atoms with E-state index in [1.165, 1.54) is 10.4 Å². The molecular formula is C16H13ClF2N4O4S. The summed E-state index contributed by atoms with van der Waals surface area (Å²) in [7, 11) is -3.63. The van der Waals surface area contributed by atoms with E-state index in [0.29, 0.717) is 23.6 Å². The fraction of sp³-hybridized carbons (Fsp3) is 0.312. The number of nitrogens with zero attached hydrogens (tertiary/aromatic N) is 4. The minimum absolute atomic E-state index is 0.0317. The van der Waals surface area contributed by atoms with Gasteiger partial charge in [-0.3, -0.25) is 4.31 Å². The van der Waals surface area contributed by atoms with Gasteiger partial charge in [-0.05, 0) is 31.0 Å². The molecule has 1 aliphatic rings. The van der Waals surface area contributed by atoms with Crippen LogP contribution in [0.5, 0.6) is 0 Å². The number of benzene rings is 1. The number of hydrogen-bond acceptors (Lipinski definition) is 7. The van der Waals surface area contributed by atoms with Crippen molar-refractivity contribution in [2.24, 2.45) is 0 Å². The van der Waals surface area contributed by atoms with Gasteiger partial charge in [-0.2, -0.15) is 8.78 Å². The smallest absolute Gasteiger partial charge is 0.314 e. The predicted octanol–water partition coefficient (Wildman–Crippen LogP) is 3.81. The van der Waals surface area contributed by atoms with Crippen LogP contribution in [0.4, 0.5) is 14.5 Å². The number of sulfonamides is 1. The molecule has 0 bridgehead atoms. The monoisotopic (exact) mass is 430 g/mol. The molecule has 0 atom stereocenters. The Morgan fingerprint density at radius 2 is 2.07 bits per heavy atom. The molecule has 0 aliphatic heterocycles. The molecule has 0 radical (unpaired) electrons. The summed E-state index contributed by atoms with van der Waals surface area (Å²) in [5.41, 5.74) is 0.404. The molecule has 148 valence electrons. The van der Waals surface area contributed by atoms with E-state index in [0.717, 1.165) is 6.26 Å². The first kappa shape index (κ1) is 18.8. The molecule has 8 nitrogen and oxygen atoms in total. The van der Waals surface area contributed by atoms with Crippen LogP contribution in [0.25, 0.3) is 11.6 Å². The molecule has 3 aromatic rings. The topological polar surface area (TPSA) is 102 Å². The molecule has 12 heteroatoms. The first-order valence-electron chi connectivity index (χ1n) is 8.18. The Morgan fingerprint density at radius 3 is 2.71 bits per heavy atom. The zero-order valence-electron chi connectivity index (χ0n) is 14.1. The molecule has 0 N–H and O–H groups in total. The van der Waals surface area contributed by atoms with Crippen LogP contribution < -0.4 is 4.31 Å². The summed E-state index contributed by atoms with van der Waals surface area (Å²) >= 11 is 6.00. The van der Waals surface area contributed by atoms with E-state index < -0.39 is 27.6 Å². The standard InChI is InChI=1S/C16H13ClF2N4O4S/c17-9-2-1-3-10(6-9)23(28(24,25)11-4-5-11)7-13-20-12(8-26-13)15-21-22-16(27-15)14(18)19/h1-3,6,8,11,14H,4-5,7H2. The highest BCUT2D eigenvalue weighted by Gasteiger charge is 2.41. The zero-order chi connectivity index (χ0) is 19.9. The Morgan fingerprint density at radius 1 is 1.29 bits per heavy atom. The summed E-state index contributed by atoms with van der Waals surface area (Å²) in [5.74, 6) is -1.04. The highest BCUT2D eigenvalue weighted by molar-refractivity contribution is 7.93. The van der Waals surface area contributed by atoms with Gasteiger partial charge in [0.15, 0.2) is 5.69 Å². The summed E-state index contributed by atoms with van der Waals surface area (Å²) in [4.78, 5) is 4.09. The largest absolute Gasteiger partial charge is 0.446 e. The number of aromatic nitrogens is 3. The van der Waals surface area contributed by atoms with Crippen LogP contribution in [0.3, 0.4) is 0 Å². The van der Waals surface area contributed by atoms with Gasteiger partial charge >= 0.3 is 6.43 Å². The van der Waals surface area contributed by atoms with Crippen molar-refractivity contribution in [3.05, 3.63) is 47.3 Å². The van der Waals surface area contributed by atoms with Gasteiger partial charge < -0.3 is 8.83 Å². The highest BCUT2D eigenvalue weighted by atomic mass is 35.5. The molecule has 0 saturated heterocycles. The quantitative estimate of drug-likeness (QED) is 0.561. The fourth-order valence-corrected chi connectivity index (χ4v) is 4.51. The molecular weight excluding hydrogens is 418 g/mol. The van der Waals surface area contributed by atoms with E-state index in [4.69, 9.17) is 20.4 Å². The van der Waals surface area contributed by atoms with Crippen molar-refractivity contribution in [1.29, 1.82) is 0 Å². The lowest BCUT2D eigenvalue weighted by molar-refractivity contribution is 0.116. The number of alkyl halides is 2. The predicted molar refractivity (Wildman–Crippen MR) is 94.3 cm³/mol. The summed E-state index contributed by atoms with van der Waals surface area (Å²) in [5, 5.41) is 6.62. The Balaban J connectivity index is 1.63. The lowest BCUT2D eigenvalue weighted by atomic mass is 10.3. The average Bonchev–Trinajstić information content (AvgIpc) is 3.22. The van der Waals surface area contributed by atoms with Crippen LogP contribution in [0.15, 0.2) is 39.4 Å². The minimum atomic E-state index is -3.63. The molecule has 4 rings (SSSR count). The van der Waals surface area contributed by atoms with Crippen molar-refractivity contribution in [3.63, 3.8) is 0 Å². The molecule has 2 aromatic heterocycles. The van der Waals surface area contributed by atoms with E-state index in [9.17, 15) is 17.2 Å². The van der Waals surface area contributed by atoms with Crippen LogP contribution in [-0.2, 0) is 16.6 Å². The molecule has 0 spiro atoms. The second kappa shape index (κ2) is 7.13. The van der Waals surface area contributed by atoms with Crippen molar-refractivity contribution in [3.8, 4) is 11.6 Å². The minimum Gasteiger partial charge on any atom is -0.446 e. The highest BCUT2D eigenvalue weighted by Crippen LogP contribution is 2.35.